The predicted molar refractivity (Wildman–Crippen MR) is 106 cm³/mol. The molecule has 0 aliphatic carbocycles. The fraction of sp³-hybridized carbons (Fsp3) is 0.211. The molecule has 0 radical (unpaired) electrons. The van der Waals surface area contributed by atoms with Gasteiger partial charge in [-0.2, -0.15) is 0 Å². The maximum Gasteiger partial charge on any atom is 0.251 e. The first kappa shape index (κ1) is 21.1. The van der Waals surface area contributed by atoms with E-state index in [-0.39, 0.29) is 28.7 Å². The van der Waals surface area contributed by atoms with E-state index in [4.69, 9.17) is 0 Å². The average molecular weight is 409 g/mol. The fourth-order valence-corrected chi connectivity index (χ4v) is 4.05. The molecule has 0 aliphatic heterocycles. The number of thioether (sulfide) groups is 1. The Morgan fingerprint density at radius 2 is 1.93 bits per heavy atom. The lowest BCUT2D eigenvalue weighted by Gasteiger charge is -2.08. The van der Waals surface area contributed by atoms with Gasteiger partial charge in [-0.3, -0.25) is 4.79 Å². The van der Waals surface area contributed by atoms with Crippen LogP contribution in [0.5, 0.6) is 0 Å². The third-order valence-corrected chi connectivity index (χ3v) is 6.03. The molecule has 0 heterocycles. The smallest absolute Gasteiger partial charge is 0.251 e. The quantitative estimate of drug-likeness (QED) is 0.360. The molecule has 1 amide bonds. The molecule has 0 bridgehead atoms. The van der Waals surface area contributed by atoms with Gasteiger partial charge in [0.15, 0.2) is 0 Å². The molecule has 2 aromatic carbocycles. The maximum atomic E-state index is 12.8. The molecule has 0 saturated carbocycles. The molecular weight excluding hydrogens is 387 g/mol. The van der Waals surface area contributed by atoms with Crippen molar-refractivity contribution in [1.82, 2.24) is 10.0 Å². The number of benzene rings is 2. The van der Waals surface area contributed by atoms with E-state index in [1.807, 2.05) is 0 Å². The topological polar surface area (TPSA) is 75.3 Å². The lowest BCUT2D eigenvalue weighted by atomic mass is 10.2. The molecule has 0 fully saturated rings. The summed E-state index contributed by atoms with van der Waals surface area (Å²) in [5.41, 5.74) is 0.280. The highest BCUT2D eigenvalue weighted by Gasteiger charge is 2.15. The fourth-order valence-electron chi connectivity index (χ4n) is 2.15. The van der Waals surface area contributed by atoms with Gasteiger partial charge in [0, 0.05) is 23.5 Å². The second-order valence-electron chi connectivity index (χ2n) is 5.58. The van der Waals surface area contributed by atoms with Crippen LogP contribution in [-0.4, -0.2) is 33.2 Å². The Bertz CT molecular complexity index is 884. The lowest BCUT2D eigenvalue weighted by molar-refractivity contribution is 0.0953. The summed E-state index contributed by atoms with van der Waals surface area (Å²) in [7, 11) is -3.67. The number of hydrogen-bond donors (Lipinski definition) is 2. The molecule has 0 aromatic heterocycles. The molecule has 0 aliphatic rings. The largest absolute Gasteiger partial charge is 0.352 e. The molecule has 144 valence electrons. The third-order valence-electron chi connectivity index (χ3n) is 3.51. The van der Waals surface area contributed by atoms with Gasteiger partial charge in [0.25, 0.3) is 5.91 Å². The van der Waals surface area contributed by atoms with Crippen molar-refractivity contribution in [3.63, 3.8) is 0 Å². The number of carbonyl (C=O) groups is 1. The van der Waals surface area contributed by atoms with Crippen molar-refractivity contribution in [2.24, 2.45) is 0 Å². The van der Waals surface area contributed by atoms with Crippen LogP contribution in [0.2, 0.25) is 0 Å². The summed E-state index contributed by atoms with van der Waals surface area (Å²) in [5, 5.41) is 2.77. The van der Waals surface area contributed by atoms with E-state index in [0.717, 1.165) is 17.1 Å². The van der Waals surface area contributed by atoms with Gasteiger partial charge in [-0.05, 0) is 54.6 Å². The highest BCUT2D eigenvalue weighted by molar-refractivity contribution is 7.99. The Kier molecular flexibility index (Phi) is 8.02. The van der Waals surface area contributed by atoms with E-state index in [1.54, 1.807) is 30.0 Å². The molecule has 2 rings (SSSR count). The third kappa shape index (κ3) is 6.82. The number of halogens is 1. The zero-order valence-electron chi connectivity index (χ0n) is 14.7. The Balaban J connectivity index is 1.82. The van der Waals surface area contributed by atoms with Crippen molar-refractivity contribution in [1.29, 1.82) is 0 Å². The Labute approximate surface area is 163 Å². The van der Waals surface area contributed by atoms with Crippen LogP contribution in [0.15, 0.2) is 71.0 Å². The van der Waals surface area contributed by atoms with Crippen molar-refractivity contribution in [2.45, 2.75) is 16.2 Å². The van der Waals surface area contributed by atoms with Crippen molar-refractivity contribution < 1.29 is 17.6 Å². The van der Waals surface area contributed by atoms with Gasteiger partial charge in [-0.1, -0.05) is 12.1 Å². The Morgan fingerprint density at radius 1 is 1.19 bits per heavy atom. The van der Waals surface area contributed by atoms with E-state index >= 15 is 0 Å². The van der Waals surface area contributed by atoms with Gasteiger partial charge in [-0.25, -0.2) is 17.5 Å². The SMILES string of the molecule is C=CCNS(=O)(=O)c1cccc(C(=O)NCCCSc2ccc(F)cc2)c1. The number of amides is 1. The van der Waals surface area contributed by atoms with Gasteiger partial charge in [-0.15, -0.1) is 18.3 Å². The summed E-state index contributed by atoms with van der Waals surface area (Å²) in [6.45, 7) is 4.04. The minimum Gasteiger partial charge on any atom is -0.352 e. The molecule has 0 saturated heterocycles. The first-order valence-electron chi connectivity index (χ1n) is 8.29. The van der Waals surface area contributed by atoms with E-state index < -0.39 is 10.0 Å². The van der Waals surface area contributed by atoms with Crippen LogP contribution in [-0.2, 0) is 10.0 Å². The zero-order chi connectivity index (χ0) is 19.7. The summed E-state index contributed by atoms with van der Waals surface area (Å²) in [5.74, 6) is 0.171. The number of carbonyl (C=O) groups excluding carboxylic acids is 1. The standard InChI is InChI=1S/C19H21FN2O3S2/c1-2-11-22-27(24,25)18-6-3-5-15(14-18)19(23)21-12-4-13-26-17-9-7-16(20)8-10-17/h2-3,5-10,14,22H,1,4,11-13H2,(H,21,23). The molecule has 0 spiro atoms. The van der Waals surface area contributed by atoms with E-state index in [1.165, 1.54) is 36.4 Å². The van der Waals surface area contributed by atoms with Crippen molar-refractivity contribution in [3.05, 3.63) is 72.6 Å². The van der Waals surface area contributed by atoms with Gasteiger partial charge >= 0.3 is 0 Å². The maximum absolute atomic E-state index is 12.8. The van der Waals surface area contributed by atoms with Crippen LogP contribution in [0.4, 0.5) is 4.39 Å². The molecule has 27 heavy (non-hydrogen) atoms. The van der Waals surface area contributed by atoms with Crippen molar-refractivity contribution in [3.8, 4) is 0 Å². The van der Waals surface area contributed by atoms with Crippen LogP contribution in [0.3, 0.4) is 0 Å². The minimum absolute atomic E-state index is 0.0314. The molecular formula is C19H21FN2O3S2. The zero-order valence-corrected chi connectivity index (χ0v) is 16.3. The number of sulfonamides is 1. The van der Waals surface area contributed by atoms with Gasteiger partial charge in [0.05, 0.1) is 4.90 Å². The molecule has 2 aromatic rings. The Morgan fingerprint density at radius 3 is 2.63 bits per heavy atom. The van der Waals surface area contributed by atoms with E-state index in [2.05, 4.69) is 16.6 Å². The van der Waals surface area contributed by atoms with Gasteiger partial charge < -0.3 is 5.32 Å². The number of nitrogens with one attached hydrogen (secondary N) is 2. The summed E-state index contributed by atoms with van der Waals surface area (Å²) < 4.78 is 39.4. The molecule has 5 nitrogen and oxygen atoms in total. The van der Waals surface area contributed by atoms with Crippen LogP contribution < -0.4 is 10.0 Å². The van der Waals surface area contributed by atoms with Crippen molar-refractivity contribution >= 4 is 27.7 Å². The van der Waals surface area contributed by atoms with E-state index in [9.17, 15) is 17.6 Å². The average Bonchev–Trinajstić information content (AvgIpc) is 2.67. The predicted octanol–water partition coefficient (Wildman–Crippen LogP) is 3.20. The second kappa shape index (κ2) is 10.2. The van der Waals surface area contributed by atoms with Gasteiger partial charge in [0.1, 0.15) is 5.82 Å². The normalized spacial score (nSPS) is 11.1. The molecule has 0 unspecified atom stereocenters. The lowest BCUT2D eigenvalue weighted by Crippen LogP contribution is -2.26. The van der Waals surface area contributed by atoms with Gasteiger partial charge in [0.2, 0.25) is 10.0 Å². The van der Waals surface area contributed by atoms with E-state index in [0.29, 0.717) is 6.54 Å². The molecule has 8 heteroatoms. The summed E-state index contributed by atoms with van der Waals surface area (Å²) in [4.78, 5) is 13.2. The van der Waals surface area contributed by atoms with Crippen LogP contribution in [0.25, 0.3) is 0 Å². The van der Waals surface area contributed by atoms with Crippen LogP contribution in [0.1, 0.15) is 16.8 Å². The summed E-state index contributed by atoms with van der Waals surface area (Å²) in [6.07, 6.45) is 2.17. The number of hydrogen-bond acceptors (Lipinski definition) is 4. The second-order valence-corrected chi connectivity index (χ2v) is 8.52. The molecule has 2 N–H and O–H groups in total. The highest BCUT2D eigenvalue weighted by Crippen LogP contribution is 2.18. The van der Waals surface area contributed by atoms with Crippen LogP contribution in [0, 0.1) is 5.82 Å². The first-order chi connectivity index (χ1) is 12.9. The monoisotopic (exact) mass is 408 g/mol. The first-order valence-corrected chi connectivity index (χ1v) is 10.8. The Hall–Kier alpha value is -2.16. The molecule has 0 atom stereocenters. The number of rotatable bonds is 10. The highest BCUT2D eigenvalue weighted by atomic mass is 32.2. The summed E-state index contributed by atoms with van der Waals surface area (Å²) >= 11 is 1.58. The van der Waals surface area contributed by atoms with Crippen molar-refractivity contribution in [2.75, 3.05) is 18.8 Å². The minimum atomic E-state index is -3.67. The summed E-state index contributed by atoms with van der Waals surface area (Å²) in [6, 6.07) is 12.1. The van der Waals surface area contributed by atoms with Crippen LogP contribution >= 0.6 is 11.8 Å².